The van der Waals surface area contributed by atoms with Crippen LogP contribution >= 0.6 is 15.9 Å². The van der Waals surface area contributed by atoms with Crippen molar-refractivity contribution in [2.45, 2.75) is 6.42 Å². The van der Waals surface area contributed by atoms with E-state index in [4.69, 9.17) is 14.2 Å². The van der Waals surface area contributed by atoms with Gasteiger partial charge in [0.25, 0.3) is 0 Å². The van der Waals surface area contributed by atoms with E-state index >= 15 is 0 Å². The van der Waals surface area contributed by atoms with Crippen molar-refractivity contribution in [2.24, 2.45) is 0 Å². The van der Waals surface area contributed by atoms with Crippen LogP contribution in [-0.2, 0) is 11.2 Å². The highest BCUT2D eigenvalue weighted by atomic mass is 79.9. The summed E-state index contributed by atoms with van der Waals surface area (Å²) in [5.41, 5.74) is 0.960. The molecule has 0 aromatic heterocycles. The van der Waals surface area contributed by atoms with Crippen LogP contribution in [0, 0.1) is 0 Å². The molecule has 0 saturated heterocycles. The Morgan fingerprint density at radius 2 is 2.00 bits per heavy atom. The zero-order valence-electron chi connectivity index (χ0n) is 12.4. The van der Waals surface area contributed by atoms with Crippen molar-refractivity contribution in [3.8, 4) is 17.2 Å². The Hall–Kier alpha value is -2.21. The predicted molar refractivity (Wildman–Crippen MR) is 88.9 cm³/mol. The number of benzene rings is 2. The molecule has 23 heavy (non-hydrogen) atoms. The van der Waals surface area contributed by atoms with Gasteiger partial charge >= 0.3 is 0 Å². The molecule has 0 unspecified atom stereocenters. The summed E-state index contributed by atoms with van der Waals surface area (Å²) in [6.45, 7) is 1.07. The quantitative estimate of drug-likeness (QED) is 0.786. The van der Waals surface area contributed by atoms with Crippen LogP contribution in [0.4, 0.5) is 0 Å². The summed E-state index contributed by atoms with van der Waals surface area (Å²) >= 11 is 3.43. The van der Waals surface area contributed by atoms with Crippen molar-refractivity contribution in [3.63, 3.8) is 0 Å². The van der Waals surface area contributed by atoms with E-state index in [0.717, 1.165) is 15.8 Å². The minimum absolute atomic E-state index is 0.0359. The van der Waals surface area contributed by atoms with Crippen LogP contribution in [-0.4, -0.2) is 25.9 Å². The van der Waals surface area contributed by atoms with Gasteiger partial charge in [-0.25, -0.2) is 0 Å². The lowest BCUT2D eigenvalue weighted by Crippen LogP contribution is -2.29. The van der Waals surface area contributed by atoms with E-state index < -0.39 is 0 Å². The molecule has 6 heteroatoms. The summed E-state index contributed by atoms with van der Waals surface area (Å²) in [5, 5.41) is 2.84. The van der Waals surface area contributed by atoms with E-state index in [0.29, 0.717) is 31.1 Å². The number of carbonyl (C=O) groups excluding carboxylic acids is 1. The normalized spacial score (nSPS) is 12.0. The smallest absolute Gasteiger partial charge is 0.231 e. The van der Waals surface area contributed by atoms with E-state index in [1.54, 1.807) is 6.07 Å². The molecule has 1 N–H and O–H groups in total. The lowest BCUT2D eigenvalue weighted by atomic mass is 10.1. The van der Waals surface area contributed by atoms with Crippen LogP contribution in [0.25, 0.3) is 0 Å². The summed E-state index contributed by atoms with van der Waals surface area (Å²) in [7, 11) is 0. The van der Waals surface area contributed by atoms with Gasteiger partial charge in [-0.3, -0.25) is 4.79 Å². The molecule has 1 amide bonds. The number of fused-ring (bicyclic) bond motifs is 1. The first-order chi connectivity index (χ1) is 11.2. The third kappa shape index (κ3) is 4.16. The summed E-state index contributed by atoms with van der Waals surface area (Å²) in [6.07, 6.45) is 0.339. The van der Waals surface area contributed by atoms with Gasteiger partial charge in [-0.1, -0.05) is 34.1 Å². The minimum Gasteiger partial charge on any atom is -0.492 e. The van der Waals surface area contributed by atoms with E-state index in [1.807, 2.05) is 36.4 Å². The molecule has 0 bridgehead atoms. The zero-order chi connectivity index (χ0) is 16.1. The Morgan fingerprint density at radius 1 is 1.17 bits per heavy atom. The van der Waals surface area contributed by atoms with Crippen molar-refractivity contribution < 1.29 is 19.0 Å². The third-order valence-electron chi connectivity index (χ3n) is 3.35. The Kier molecular flexibility index (Phi) is 5.02. The lowest BCUT2D eigenvalue weighted by molar-refractivity contribution is -0.120. The number of hydrogen-bond donors (Lipinski definition) is 1. The van der Waals surface area contributed by atoms with Gasteiger partial charge in [-0.05, 0) is 23.8 Å². The van der Waals surface area contributed by atoms with Crippen LogP contribution in [0.1, 0.15) is 5.56 Å². The molecule has 1 aliphatic rings. The highest BCUT2D eigenvalue weighted by molar-refractivity contribution is 9.10. The van der Waals surface area contributed by atoms with Crippen LogP contribution in [0.2, 0.25) is 0 Å². The molecule has 1 heterocycles. The lowest BCUT2D eigenvalue weighted by Gasteiger charge is -2.09. The van der Waals surface area contributed by atoms with Gasteiger partial charge in [0.2, 0.25) is 12.7 Å². The Balaban J connectivity index is 1.41. The number of amides is 1. The largest absolute Gasteiger partial charge is 0.492 e. The van der Waals surface area contributed by atoms with E-state index in [1.165, 1.54) is 0 Å². The average molecular weight is 378 g/mol. The Labute approximate surface area is 142 Å². The molecule has 1 aliphatic heterocycles. The molecule has 0 saturated carbocycles. The third-order valence-corrected chi connectivity index (χ3v) is 4.12. The second-order valence-electron chi connectivity index (χ2n) is 4.98. The molecule has 120 valence electrons. The second-order valence-corrected chi connectivity index (χ2v) is 5.84. The number of halogens is 1. The van der Waals surface area contributed by atoms with Crippen LogP contribution in [0.5, 0.6) is 17.2 Å². The van der Waals surface area contributed by atoms with Crippen LogP contribution in [0.15, 0.2) is 46.9 Å². The first-order valence-electron chi connectivity index (χ1n) is 7.25. The molecule has 0 aliphatic carbocycles. The average Bonchev–Trinajstić information content (AvgIpc) is 3.01. The standard InChI is InChI=1S/C17H16BrNO4/c18-14-4-2-1-3-12(14)9-17(20)19-7-8-21-13-5-6-15-16(10-13)23-11-22-15/h1-6,10H,7-9,11H2,(H,19,20). The fourth-order valence-electron chi connectivity index (χ4n) is 2.20. The Morgan fingerprint density at radius 3 is 2.87 bits per heavy atom. The summed E-state index contributed by atoms with van der Waals surface area (Å²) in [5.74, 6) is 2.06. The number of carbonyl (C=O) groups is 1. The first kappa shape index (κ1) is 15.7. The van der Waals surface area contributed by atoms with Gasteiger partial charge in [0, 0.05) is 10.5 Å². The minimum atomic E-state index is -0.0359. The maximum Gasteiger partial charge on any atom is 0.231 e. The fourth-order valence-corrected chi connectivity index (χ4v) is 2.63. The van der Waals surface area contributed by atoms with Crippen LogP contribution in [0.3, 0.4) is 0 Å². The molecule has 3 rings (SSSR count). The summed E-state index contributed by atoms with van der Waals surface area (Å²) < 4.78 is 17.1. The van der Waals surface area contributed by atoms with Gasteiger partial charge in [0.05, 0.1) is 13.0 Å². The van der Waals surface area contributed by atoms with Gasteiger partial charge in [0.15, 0.2) is 11.5 Å². The van der Waals surface area contributed by atoms with Crippen molar-refractivity contribution in [1.29, 1.82) is 0 Å². The van der Waals surface area contributed by atoms with Gasteiger partial charge < -0.3 is 19.5 Å². The van der Waals surface area contributed by atoms with Crippen LogP contribution < -0.4 is 19.5 Å². The molecule has 0 radical (unpaired) electrons. The van der Waals surface area contributed by atoms with Crippen molar-refractivity contribution in [3.05, 3.63) is 52.5 Å². The molecule has 0 fully saturated rings. The maximum absolute atomic E-state index is 11.9. The number of nitrogens with one attached hydrogen (secondary N) is 1. The molecule has 2 aromatic rings. The maximum atomic E-state index is 11.9. The zero-order valence-corrected chi connectivity index (χ0v) is 14.0. The number of ether oxygens (including phenoxy) is 3. The van der Waals surface area contributed by atoms with E-state index in [2.05, 4.69) is 21.2 Å². The highest BCUT2D eigenvalue weighted by Gasteiger charge is 2.13. The van der Waals surface area contributed by atoms with E-state index in [-0.39, 0.29) is 12.7 Å². The monoisotopic (exact) mass is 377 g/mol. The molecule has 5 nitrogen and oxygen atoms in total. The number of hydrogen-bond acceptors (Lipinski definition) is 4. The second kappa shape index (κ2) is 7.37. The Bertz CT molecular complexity index is 705. The van der Waals surface area contributed by atoms with E-state index in [9.17, 15) is 4.79 Å². The molecule has 0 atom stereocenters. The summed E-state index contributed by atoms with van der Waals surface area (Å²) in [6, 6.07) is 13.1. The van der Waals surface area contributed by atoms with Gasteiger partial charge in [-0.15, -0.1) is 0 Å². The van der Waals surface area contributed by atoms with Crippen molar-refractivity contribution in [2.75, 3.05) is 19.9 Å². The molecule has 0 spiro atoms. The number of rotatable bonds is 6. The predicted octanol–water partition coefficient (Wildman–Crippen LogP) is 2.92. The summed E-state index contributed by atoms with van der Waals surface area (Å²) in [4.78, 5) is 11.9. The highest BCUT2D eigenvalue weighted by Crippen LogP contribution is 2.34. The van der Waals surface area contributed by atoms with Crippen molar-refractivity contribution >= 4 is 21.8 Å². The molecular weight excluding hydrogens is 362 g/mol. The van der Waals surface area contributed by atoms with Gasteiger partial charge in [0.1, 0.15) is 12.4 Å². The molecular formula is C17H16BrNO4. The SMILES string of the molecule is O=C(Cc1ccccc1Br)NCCOc1ccc2c(c1)OCO2. The van der Waals surface area contributed by atoms with Crippen molar-refractivity contribution in [1.82, 2.24) is 5.32 Å². The topological polar surface area (TPSA) is 56.8 Å². The fraction of sp³-hybridized carbons (Fsp3) is 0.235. The molecule has 2 aromatic carbocycles. The first-order valence-corrected chi connectivity index (χ1v) is 8.04. The van der Waals surface area contributed by atoms with Gasteiger partial charge in [-0.2, -0.15) is 0 Å².